The maximum Gasteiger partial charge on any atom is 0.139 e. The Kier molecular flexibility index (Phi) is 5.23. The van der Waals surface area contributed by atoms with Crippen molar-refractivity contribution in [2.45, 2.75) is 19.8 Å². The topological polar surface area (TPSA) is 21.6 Å². The minimum atomic E-state index is 0.559. The Balaban J connectivity index is 2.39. The van der Waals surface area contributed by atoms with Crippen molar-refractivity contribution < 1.29 is 4.84 Å². The van der Waals surface area contributed by atoms with Crippen LogP contribution < -0.4 is 0 Å². The second kappa shape index (κ2) is 6.82. The van der Waals surface area contributed by atoms with E-state index in [1.165, 1.54) is 5.56 Å². The quantitative estimate of drug-likeness (QED) is 0.301. The lowest BCUT2D eigenvalue weighted by atomic mass is 10.1. The lowest BCUT2D eigenvalue weighted by Crippen LogP contribution is -1.88. The summed E-state index contributed by atoms with van der Waals surface area (Å²) in [6.45, 7) is 6.28. The zero-order valence-corrected chi connectivity index (χ0v) is 9.07. The maximum absolute atomic E-state index is 4.98. The van der Waals surface area contributed by atoms with Crippen LogP contribution in [0.5, 0.6) is 0 Å². The first-order chi connectivity index (χ1) is 7.36. The van der Waals surface area contributed by atoms with Crippen molar-refractivity contribution >= 4 is 6.21 Å². The first kappa shape index (κ1) is 11.5. The molecule has 0 bridgehead atoms. The highest BCUT2D eigenvalue weighted by Crippen LogP contribution is 2.02. The molecule has 2 heteroatoms. The number of nitrogens with zero attached hydrogens (tertiary/aromatic N) is 1. The molecule has 2 nitrogen and oxygen atoms in total. The summed E-state index contributed by atoms with van der Waals surface area (Å²) in [7, 11) is 0. The van der Waals surface area contributed by atoms with E-state index in [2.05, 4.69) is 37.0 Å². The average Bonchev–Trinajstić information content (AvgIpc) is 2.30. The summed E-state index contributed by atoms with van der Waals surface area (Å²) >= 11 is 0. The minimum Gasteiger partial charge on any atom is -0.395 e. The van der Waals surface area contributed by atoms with Crippen molar-refractivity contribution in [3.05, 3.63) is 48.0 Å². The third-order valence-corrected chi connectivity index (χ3v) is 2.01. The van der Waals surface area contributed by atoms with Crippen molar-refractivity contribution in [2.24, 2.45) is 5.16 Å². The predicted octanol–water partition coefficient (Wildman–Crippen LogP) is 3.05. The SMILES string of the molecule is C=CCCON=[C]c1ccc(CC)cc1. The summed E-state index contributed by atoms with van der Waals surface area (Å²) in [6.07, 6.45) is 6.47. The molecule has 1 aromatic rings. The van der Waals surface area contributed by atoms with Gasteiger partial charge in [0.2, 0.25) is 0 Å². The van der Waals surface area contributed by atoms with Gasteiger partial charge in [0, 0.05) is 12.0 Å². The van der Waals surface area contributed by atoms with Crippen molar-refractivity contribution in [2.75, 3.05) is 6.61 Å². The van der Waals surface area contributed by atoms with Crippen LogP contribution in [0.15, 0.2) is 42.1 Å². The van der Waals surface area contributed by atoms with Gasteiger partial charge in [0.15, 0.2) is 0 Å². The van der Waals surface area contributed by atoms with Gasteiger partial charge in [0.05, 0.1) is 0 Å². The first-order valence-corrected chi connectivity index (χ1v) is 5.14. The van der Waals surface area contributed by atoms with Gasteiger partial charge in [-0.3, -0.25) is 0 Å². The Morgan fingerprint density at radius 1 is 1.40 bits per heavy atom. The summed E-state index contributed by atoms with van der Waals surface area (Å²) in [5.74, 6) is 0. The molecule has 1 rings (SSSR count). The Bertz CT molecular complexity index is 314. The van der Waals surface area contributed by atoms with Crippen molar-refractivity contribution in [1.29, 1.82) is 0 Å². The standard InChI is InChI=1S/C13H16NO/c1-3-5-10-15-14-11-13-8-6-12(4-2)7-9-13/h3,6-9H,1,4-5,10H2,2H3. The summed E-state index contributed by atoms with van der Waals surface area (Å²) < 4.78 is 0. The lowest BCUT2D eigenvalue weighted by molar-refractivity contribution is 0.151. The molecule has 0 aliphatic rings. The van der Waals surface area contributed by atoms with Crippen LogP contribution in [0.2, 0.25) is 0 Å². The molecule has 79 valence electrons. The van der Waals surface area contributed by atoms with Crippen LogP contribution in [0.1, 0.15) is 24.5 Å². The third kappa shape index (κ3) is 4.45. The Morgan fingerprint density at radius 3 is 2.73 bits per heavy atom. The number of aryl methyl sites for hydroxylation is 1. The molecule has 1 radical (unpaired) electrons. The fourth-order valence-corrected chi connectivity index (χ4v) is 1.08. The fraction of sp³-hybridized carbons (Fsp3) is 0.308. The molecular formula is C13H16NO. The molecule has 0 unspecified atom stereocenters. The van der Waals surface area contributed by atoms with Crippen LogP contribution in [0.4, 0.5) is 0 Å². The Labute approximate surface area is 91.3 Å². The van der Waals surface area contributed by atoms with E-state index < -0.39 is 0 Å². The van der Waals surface area contributed by atoms with E-state index in [0.29, 0.717) is 6.61 Å². The monoisotopic (exact) mass is 202 g/mol. The molecule has 0 spiro atoms. The molecule has 0 amide bonds. The molecule has 1 aromatic carbocycles. The molecule has 0 aliphatic carbocycles. The summed E-state index contributed by atoms with van der Waals surface area (Å²) in [5.41, 5.74) is 2.25. The second-order valence-electron chi connectivity index (χ2n) is 3.16. The lowest BCUT2D eigenvalue weighted by Gasteiger charge is -1.96. The highest BCUT2D eigenvalue weighted by atomic mass is 16.6. The summed E-state index contributed by atoms with van der Waals surface area (Å²) in [6, 6.07) is 8.11. The van der Waals surface area contributed by atoms with Crippen molar-refractivity contribution in [3.63, 3.8) is 0 Å². The van der Waals surface area contributed by atoms with E-state index >= 15 is 0 Å². The van der Waals surface area contributed by atoms with E-state index in [1.54, 1.807) is 6.08 Å². The van der Waals surface area contributed by atoms with Crippen LogP contribution in [0.25, 0.3) is 0 Å². The van der Waals surface area contributed by atoms with Gasteiger partial charge < -0.3 is 4.84 Å². The van der Waals surface area contributed by atoms with Crippen LogP contribution >= 0.6 is 0 Å². The highest BCUT2D eigenvalue weighted by molar-refractivity contribution is 5.79. The normalized spacial score (nSPS) is 10.5. The molecule has 0 heterocycles. The fourth-order valence-electron chi connectivity index (χ4n) is 1.08. The van der Waals surface area contributed by atoms with E-state index in [4.69, 9.17) is 4.84 Å². The molecule has 0 aromatic heterocycles. The molecule has 0 N–H and O–H groups in total. The van der Waals surface area contributed by atoms with E-state index in [-0.39, 0.29) is 0 Å². The van der Waals surface area contributed by atoms with Crippen molar-refractivity contribution in [3.8, 4) is 0 Å². The molecule has 15 heavy (non-hydrogen) atoms. The van der Waals surface area contributed by atoms with Gasteiger partial charge in [-0.1, -0.05) is 42.4 Å². The van der Waals surface area contributed by atoms with Gasteiger partial charge in [-0.15, -0.1) is 6.58 Å². The van der Waals surface area contributed by atoms with Gasteiger partial charge in [0.1, 0.15) is 12.8 Å². The zero-order chi connectivity index (χ0) is 10.9. The predicted molar refractivity (Wildman–Crippen MR) is 63.1 cm³/mol. The van der Waals surface area contributed by atoms with Gasteiger partial charge in [-0.2, -0.15) is 0 Å². The van der Waals surface area contributed by atoms with Crippen LogP contribution in [0, 0.1) is 0 Å². The number of hydrogen-bond donors (Lipinski definition) is 0. The van der Waals surface area contributed by atoms with Crippen LogP contribution in [-0.4, -0.2) is 12.8 Å². The van der Waals surface area contributed by atoms with Crippen LogP contribution in [0.3, 0.4) is 0 Å². The number of rotatable bonds is 6. The van der Waals surface area contributed by atoms with Gasteiger partial charge in [-0.05, 0) is 12.0 Å². The summed E-state index contributed by atoms with van der Waals surface area (Å²) in [4.78, 5) is 4.98. The number of hydrogen-bond acceptors (Lipinski definition) is 2. The molecule has 0 saturated carbocycles. The number of benzene rings is 1. The summed E-state index contributed by atoms with van der Waals surface area (Å²) in [5, 5.41) is 3.74. The molecule has 0 aliphatic heterocycles. The highest BCUT2D eigenvalue weighted by Gasteiger charge is 1.90. The van der Waals surface area contributed by atoms with E-state index in [0.717, 1.165) is 18.4 Å². The zero-order valence-electron chi connectivity index (χ0n) is 9.07. The van der Waals surface area contributed by atoms with Crippen LogP contribution in [-0.2, 0) is 11.3 Å². The second-order valence-corrected chi connectivity index (χ2v) is 3.16. The molecule has 0 fully saturated rings. The molecular weight excluding hydrogens is 186 g/mol. The first-order valence-electron chi connectivity index (χ1n) is 5.14. The van der Waals surface area contributed by atoms with Gasteiger partial charge >= 0.3 is 0 Å². The minimum absolute atomic E-state index is 0.559. The maximum atomic E-state index is 4.98. The van der Waals surface area contributed by atoms with Gasteiger partial charge in [-0.25, -0.2) is 0 Å². The van der Waals surface area contributed by atoms with Crippen molar-refractivity contribution in [1.82, 2.24) is 0 Å². The van der Waals surface area contributed by atoms with E-state index in [1.807, 2.05) is 12.1 Å². The van der Waals surface area contributed by atoms with Gasteiger partial charge in [0.25, 0.3) is 0 Å². The third-order valence-electron chi connectivity index (χ3n) is 2.01. The Hall–Kier alpha value is -1.57. The largest absolute Gasteiger partial charge is 0.395 e. The molecule has 0 atom stereocenters. The molecule has 0 saturated heterocycles. The smallest absolute Gasteiger partial charge is 0.139 e. The van der Waals surface area contributed by atoms with E-state index in [9.17, 15) is 0 Å². The average molecular weight is 202 g/mol. The Morgan fingerprint density at radius 2 is 2.13 bits per heavy atom.